The maximum absolute atomic E-state index is 12.6. The normalized spacial score (nSPS) is 11.6. The van der Waals surface area contributed by atoms with Gasteiger partial charge in [-0.2, -0.15) is 0 Å². The van der Waals surface area contributed by atoms with Crippen molar-refractivity contribution in [2.24, 2.45) is 0 Å². The summed E-state index contributed by atoms with van der Waals surface area (Å²) in [5, 5.41) is 0. The van der Waals surface area contributed by atoms with Crippen molar-refractivity contribution in [1.29, 1.82) is 0 Å². The van der Waals surface area contributed by atoms with E-state index in [4.69, 9.17) is 9.47 Å². The molecular weight excluding hydrogens is 426 g/mol. The summed E-state index contributed by atoms with van der Waals surface area (Å²) in [6.07, 6.45) is 13.4. The van der Waals surface area contributed by atoms with Crippen LogP contribution in [0, 0.1) is 0 Å². The molecule has 0 unspecified atom stereocenters. The van der Waals surface area contributed by atoms with Crippen LogP contribution in [-0.2, 0) is 30.6 Å². The average Bonchev–Trinajstić information content (AvgIpc) is 2.75. The number of fused-ring (bicyclic) bond motifs is 2. The quantitative estimate of drug-likeness (QED) is 0.160. The Hall–Kier alpha value is -1.67. The van der Waals surface area contributed by atoms with Crippen molar-refractivity contribution < 1.29 is 33.7 Å². The van der Waals surface area contributed by atoms with E-state index >= 15 is 0 Å². The summed E-state index contributed by atoms with van der Waals surface area (Å²) in [6.45, 7) is 2.75. The number of carbonyl (C=O) groups is 1. The molecule has 2 aromatic rings. The van der Waals surface area contributed by atoms with Crippen LogP contribution in [0.15, 0.2) is 42.5 Å². The Kier molecular flexibility index (Phi) is 11.2. The van der Waals surface area contributed by atoms with Crippen molar-refractivity contribution in [2.45, 2.75) is 77.6 Å². The van der Waals surface area contributed by atoms with Crippen molar-refractivity contribution in [2.75, 3.05) is 6.61 Å². The second-order valence-corrected chi connectivity index (χ2v) is 7.99. The molecule has 1 aliphatic heterocycles. The minimum Gasteiger partial charge on any atom is -0.462 e. The van der Waals surface area contributed by atoms with Gasteiger partial charge in [-0.05, 0) is 30.2 Å². The molecule has 3 nitrogen and oxygen atoms in total. The third-order valence-electron chi connectivity index (χ3n) is 5.64. The third kappa shape index (κ3) is 7.23. The molecule has 0 bridgehead atoms. The van der Waals surface area contributed by atoms with Gasteiger partial charge in [0, 0.05) is 31.5 Å². The minimum atomic E-state index is -0.235. The molecular formula is C26H34O3Zn. The Morgan fingerprint density at radius 2 is 1.47 bits per heavy atom. The Morgan fingerprint density at radius 3 is 2.20 bits per heavy atom. The van der Waals surface area contributed by atoms with Gasteiger partial charge in [0.1, 0.15) is 11.5 Å². The van der Waals surface area contributed by atoms with Gasteiger partial charge in [0.15, 0.2) is 0 Å². The van der Waals surface area contributed by atoms with Gasteiger partial charge < -0.3 is 9.47 Å². The number of hydrogen-bond acceptors (Lipinski definition) is 3. The fourth-order valence-corrected chi connectivity index (χ4v) is 3.93. The second kappa shape index (κ2) is 13.6. The van der Waals surface area contributed by atoms with Crippen LogP contribution in [0.4, 0.5) is 0 Å². The number of rotatable bonds is 12. The molecule has 0 saturated heterocycles. The molecule has 4 heteroatoms. The zero-order valence-electron chi connectivity index (χ0n) is 18.5. The van der Waals surface area contributed by atoms with Gasteiger partial charge in [0.25, 0.3) is 0 Å². The molecule has 0 amide bonds. The van der Waals surface area contributed by atoms with Crippen LogP contribution in [0.25, 0.3) is 0 Å². The molecule has 0 fully saturated rings. The maximum atomic E-state index is 12.6. The summed E-state index contributed by atoms with van der Waals surface area (Å²) in [7, 11) is 0. The van der Waals surface area contributed by atoms with Crippen molar-refractivity contribution in [3.8, 4) is 11.5 Å². The third-order valence-corrected chi connectivity index (χ3v) is 5.64. The van der Waals surface area contributed by atoms with Gasteiger partial charge >= 0.3 is 5.97 Å². The number of carbonyl (C=O) groups excluding carboxylic acids is 1. The SMILES string of the molecule is CCCCCCCCCCCCOC(=O)c1cccc2c1Cc1ccccc1O2.[Zn]. The molecule has 1 aliphatic rings. The summed E-state index contributed by atoms with van der Waals surface area (Å²) in [4.78, 5) is 12.6. The zero-order chi connectivity index (χ0) is 20.3. The standard InChI is InChI=1S/C26H34O3.Zn/c1-2-3-4-5-6-7-8-9-10-13-19-28-26(27)22-16-14-18-25-23(22)20-21-15-11-12-17-24(21)29-25;/h11-12,14-18H,2-10,13,19-20H2,1H3;. The van der Waals surface area contributed by atoms with Crippen LogP contribution in [0.2, 0.25) is 0 Å². The van der Waals surface area contributed by atoms with Crippen LogP contribution < -0.4 is 4.74 Å². The molecule has 158 valence electrons. The molecule has 0 spiro atoms. The van der Waals surface area contributed by atoms with E-state index in [-0.39, 0.29) is 25.4 Å². The largest absolute Gasteiger partial charge is 0.462 e. The first-order valence-corrected chi connectivity index (χ1v) is 11.3. The van der Waals surface area contributed by atoms with E-state index in [1.54, 1.807) is 0 Å². The van der Waals surface area contributed by atoms with E-state index in [9.17, 15) is 4.79 Å². The molecule has 30 heavy (non-hydrogen) atoms. The van der Waals surface area contributed by atoms with E-state index < -0.39 is 0 Å². The monoisotopic (exact) mass is 458 g/mol. The molecule has 0 atom stereocenters. The minimum absolute atomic E-state index is 0. The zero-order valence-corrected chi connectivity index (χ0v) is 21.4. The second-order valence-electron chi connectivity index (χ2n) is 7.99. The van der Waals surface area contributed by atoms with E-state index in [0.717, 1.165) is 35.5 Å². The van der Waals surface area contributed by atoms with E-state index in [2.05, 4.69) is 6.92 Å². The van der Waals surface area contributed by atoms with Gasteiger partial charge in [0.05, 0.1) is 12.2 Å². The van der Waals surface area contributed by atoms with E-state index in [1.165, 1.54) is 51.4 Å². The Labute approximate surface area is 194 Å². The van der Waals surface area contributed by atoms with Gasteiger partial charge in [-0.3, -0.25) is 0 Å². The predicted molar refractivity (Wildman–Crippen MR) is 118 cm³/mol. The topological polar surface area (TPSA) is 35.5 Å². The molecule has 3 rings (SSSR count). The summed E-state index contributed by atoms with van der Waals surface area (Å²) < 4.78 is 11.5. The van der Waals surface area contributed by atoms with Crippen LogP contribution in [0.5, 0.6) is 11.5 Å². The van der Waals surface area contributed by atoms with Gasteiger partial charge in [-0.15, -0.1) is 0 Å². The molecule has 1 heterocycles. The fraction of sp³-hybridized carbons (Fsp3) is 0.500. The number of esters is 1. The van der Waals surface area contributed by atoms with Crippen LogP contribution in [0.3, 0.4) is 0 Å². The van der Waals surface area contributed by atoms with Crippen molar-refractivity contribution in [3.63, 3.8) is 0 Å². The smallest absolute Gasteiger partial charge is 0.338 e. The summed E-state index contributed by atoms with van der Waals surface area (Å²) in [6, 6.07) is 13.6. The van der Waals surface area contributed by atoms with Crippen LogP contribution in [-0.4, -0.2) is 12.6 Å². The average molecular weight is 460 g/mol. The van der Waals surface area contributed by atoms with Crippen LogP contribution >= 0.6 is 0 Å². The van der Waals surface area contributed by atoms with Crippen molar-refractivity contribution in [3.05, 3.63) is 59.2 Å². The van der Waals surface area contributed by atoms with Gasteiger partial charge in [-0.1, -0.05) is 89.0 Å². The molecule has 0 radical (unpaired) electrons. The van der Waals surface area contributed by atoms with Crippen molar-refractivity contribution in [1.82, 2.24) is 0 Å². The number of benzene rings is 2. The summed E-state index contributed by atoms with van der Waals surface area (Å²) in [5.41, 5.74) is 2.67. The number of unbranched alkanes of at least 4 members (excludes halogenated alkanes) is 9. The van der Waals surface area contributed by atoms with Crippen molar-refractivity contribution >= 4 is 5.97 Å². The Bertz CT molecular complexity index is 788. The molecule has 2 aromatic carbocycles. The van der Waals surface area contributed by atoms with Gasteiger partial charge in [-0.25, -0.2) is 4.79 Å². The Morgan fingerprint density at radius 1 is 0.833 bits per heavy atom. The fourth-order valence-electron chi connectivity index (χ4n) is 3.93. The number of ether oxygens (including phenoxy) is 2. The van der Waals surface area contributed by atoms with Crippen LogP contribution in [0.1, 0.15) is 92.6 Å². The van der Waals surface area contributed by atoms with E-state index in [1.807, 2.05) is 42.5 Å². The van der Waals surface area contributed by atoms with Gasteiger partial charge in [0.2, 0.25) is 0 Å². The maximum Gasteiger partial charge on any atom is 0.338 e. The molecule has 0 aromatic heterocycles. The molecule has 0 N–H and O–H groups in total. The number of hydrogen-bond donors (Lipinski definition) is 0. The Balaban J connectivity index is 0.00000320. The molecule has 0 aliphatic carbocycles. The predicted octanol–water partition coefficient (Wildman–Crippen LogP) is 7.46. The summed E-state index contributed by atoms with van der Waals surface area (Å²) in [5.74, 6) is 1.40. The van der Waals surface area contributed by atoms with E-state index in [0.29, 0.717) is 18.6 Å². The summed E-state index contributed by atoms with van der Waals surface area (Å²) >= 11 is 0. The number of para-hydroxylation sites is 1. The first-order valence-electron chi connectivity index (χ1n) is 11.3. The molecule has 0 saturated carbocycles. The first kappa shape index (κ1) is 24.6. The first-order chi connectivity index (χ1) is 14.3.